The van der Waals surface area contributed by atoms with E-state index in [1.54, 1.807) is 16.7 Å². The van der Waals surface area contributed by atoms with Gasteiger partial charge in [0.1, 0.15) is 0 Å². The first-order chi connectivity index (χ1) is 8.17. The van der Waals surface area contributed by atoms with Gasteiger partial charge in [-0.15, -0.1) is 11.8 Å². The van der Waals surface area contributed by atoms with Crippen molar-refractivity contribution in [2.24, 2.45) is 11.5 Å². The number of carbonyl (C=O) groups is 1. The third kappa shape index (κ3) is 2.31. The average molecular weight is 251 g/mol. The summed E-state index contributed by atoms with van der Waals surface area (Å²) in [6.07, 6.45) is 0.820. The molecule has 4 nitrogen and oxygen atoms in total. The number of fused-ring (bicyclic) bond motifs is 1. The molecule has 2 rings (SSSR count). The van der Waals surface area contributed by atoms with Crippen LogP contribution < -0.4 is 16.4 Å². The van der Waals surface area contributed by atoms with Gasteiger partial charge in [-0.25, -0.2) is 0 Å². The minimum atomic E-state index is -0.0635. The van der Waals surface area contributed by atoms with Crippen LogP contribution in [0.25, 0.3) is 0 Å². The lowest BCUT2D eigenvalue weighted by Crippen LogP contribution is -2.43. The van der Waals surface area contributed by atoms with Crippen LogP contribution in [0.15, 0.2) is 23.1 Å². The SMILES string of the molecule is CC1Sc2ccc(CCN)cc2N(CN)C1=O. The lowest BCUT2D eigenvalue weighted by Gasteiger charge is -2.31. The molecule has 5 heteroatoms. The molecule has 0 spiro atoms. The molecule has 0 fully saturated rings. The van der Waals surface area contributed by atoms with Crippen LogP contribution in [0.2, 0.25) is 0 Å². The number of nitrogens with two attached hydrogens (primary N) is 2. The van der Waals surface area contributed by atoms with Gasteiger partial charge in [-0.3, -0.25) is 9.69 Å². The number of benzene rings is 1. The third-order valence-corrected chi connectivity index (χ3v) is 4.00. The summed E-state index contributed by atoms with van der Waals surface area (Å²) < 4.78 is 0. The van der Waals surface area contributed by atoms with Crippen LogP contribution in [0, 0.1) is 0 Å². The van der Waals surface area contributed by atoms with Gasteiger partial charge >= 0.3 is 0 Å². The maximum absolute atomic E-state index is 12.0. The van der Waals surface area contributed by atoms with E-state index in [0.717, 1.165) is 22.6 Å². The first-order valence-corrected chi connectivity index (χ1v) is 6.56. The molecule has 0 saturated carbocycles. The number of thioether (sulfide) groups is 1. The highest BCUT2D eigenvalue weighted by Crippen LogP contribution is 2.39. The summed E-state index contributed by atoms with van der Waals surface area (Å²) in [5.74, 6) is 0.0786. The molecule has 17 heavy (non-hydrogen) atoms. The normalized spacial score (nSPS) is 19.4. The smallest absolute Gasteiger partial charge is 0.241 e. The van der Waals surface area contributed by atoms with Crippen molar-refractivity contribution >= 4 is 23.4 Å². The van der Waals surface area contributed by atoms with Gasteiger partial charge in [-0.1, -0.05) is 6.07 Å². The summed E-state index contributed by atoms with van der Waals surface area (Å²) >= 11 is 1.59. The Bertz CT molecular complexity index is 436. The Morgan fingerprint density at radius 2 is 2.18 bits per heavy atom. The highest BCUT2D eigenvalue weighted by atomic mass is 32.2. The molecule has 1 amide bonds. The molecular weight excluding hydrogens is 234 g/mol. The number of carbonyl (C=O) groups excluding carboxylic acids is 1. The Morgan fingerprint density at radius 3 is 2.82 bits per heavy atom. The van der Waals surface area contributed by atoms with Gasteiger partial charge in [0.05, 0.1) is 17.6 Å². The largest absolute Gasteiger partial charge is 0.330 e. The number of hydrogen-bond acceptors (Lipinski definition) is 4. The fraction of sp³-hybridized carbons (Fsp3) is 0.417. The molecule has 1 aromatic rings. The number of anilines is 1. The second-order valence-electron chi connectivity index (χ2n) is 4.05. The van der Waals surface area contributed by atoms with Gasteiger partial charge < -0.3 is 11.5 Å². The van der Waals surface area contributed by atoms with E-state index < -0.39 is 0 Å². The average Bonchev–Trinajstić information content (AvgIpc) is 2.32. The topological polar surface area (TPSA) is 72.3 Å². The fourth-order valence-electron chi connectivity index (χ4n) is 1.96. The van der Waals surface area contributed by atoms with Crippen molar-refractivity contribution in [3.05, 3.63) is 23.8 Å². The lowest BCUT2D eigenvalue weighted by molar-refractivity contribution is -0.118. The molecule has 1 aromatic carbocycles. The van der Waals surface area contributed by atoms with Crippen molar-refractivity contribution < 1.29 is 4.79 Å². The van der Waals surface area contributed by atoms with Gasteiger partial charge in [0.2, 0.25) is 5.91 Å². The second kappa shape index (κ2) is 5.08. The molecule has 0 bridgehead atoms. The molecule has 0 saturated heterocycles. The predicted octanol–water partition coefficient (Wildman–Crippen LogP) is 0.931. The summed E-state index contributed by atoms with van der Waals surface area (Å²) in [5, 5.41) is -0.0635. The third-order valence-electron chi connectivity index (χ3n) is 2.85. The summed E-state index contributed by atoms with van der Waals surface area (Å²) in [6.45, 7) is 2.74. The predicted molar refractivity (Wildman–Crippen MR) is 71.1 cm³/mol. The first-order valence-electron chi connectivity index (χ1n) is 5.68. The zero-order valence-electron chi connectivity index (χ0n) is 9.85. The monoisotopic (exact) mass is 251 g/mol. The highest BCUT2D eigenvalue weighted by Gasteiger charge is 2.29. The number of rotatable bonds is 3. The first kappa shape index (κ1) is 12.4. The van der Waals surface area contributed by atoms with Gasteiger partial charge in [-0.05, 0) is 37.6 Å². The molecule has 0 aromatic heterocycles. The number of nitrogens with zero attached hydrogens (tertiary/aromatic N) is 1. The quantitative estimate of drug-likeness (QED) is 0.838. The standard InChI is InChI=1S/C12H17N3OS/c1-8-12(16)15(7-14)10-6-9(4-5-13)2-3-11(10)17-8/h2-3,6,8H,4-5,7,13-14H2,1H3. The summed E-state index contributed by atoms with van der Waals surface area (Å²) in [6, 6.07) is 6.14. The summed E-state index contributed by atoms with van der Waals surface area (Å²) in [5.41, 5.74) is 13.3. The van der Waals surface area contributed by atoms with Crippen LogP contribution >= 0.6 is 11.8 Å². The van der Waals surface area contributed by atoms with Crippen molar-refractivity contribution in [2.75, 3.05) is 18.1 Å². The summed E-state index contributed by atoms with van der Waals surface area (Å²) in [4.78, 5) is 14.8. The van der Waals surface area contributed by atoms with Crippen molar-refractivity contribution in [3.63, 3.8) is 0 Å². The highest BCUT2D eigenvalue weighted by molar-refractivity contribution is 8.00. The molecule has 92 valence electrons. The van der Waals surface area contributed by atoms with Crippen LogP contribution in [0.1, 0.15) is 12.5 Å². The van der Waals surface area contributed by atoms with E-state index in [-0.39, 0.29) is 17.8 Å². The fourth-order valence-corrected chi connectivity index (χ4v) is 3.01. The van der Waals surface area contributed by atoms with E-state index in [0.29, 0.717) is 6.54 Å². The van der Waals surface area contributed by atoms with Crippen LogP contribution in [-0.4, -0.2) is 24.4 Å². The molecular formula is C12H17N3OS. The summed E-state index contributed by atoms with van der Waals surface area (Å²) in [7, 11) is 0. The van der Waals surface area contributed by atoms with Gasteiger partial charge in [0.15, 0.2) is 0 Å². The number of amides is 1. The zero-order chi connectivity index (χ0) is 12.4. The van der Waals surface area contributed by atoms with Gasteiger partial charge in [0.25, 0.3) is 0 Å². The molecule has 0 radical (unpaired) electrons. The minimum Gasteiger partial charge on any atom is -0.330 e. The van der Waals surface area contributed by atoms with E-state index >= 15 is 0 Å². The molecule has 1 aliphatic rings. The van der Waals surface area contributed by atoms with Crippen LogP contribution in [-0.2, 0) is 11.2 Å². The van der Waals surface area contributed by atoms with Gasteiger partial charge in [0, 0.05) is 4.90 Å². The molecule has 1 unspecified atom stereocenters. The van der Waals surface area contributed by atoms with E-state index in [4.69, 9.17) is 11.5 Å². The molecule has 0 aliphatic carbocycles. The Hall–Kier alpha value is -1.04. The van der Waals surface area contributed by atoms with E-state index in [9.17, 15) is 4.79 Å². The Balaban J connectivity index is 2.41. The maximum atomic E-state index is 12.0. The van der Waals surface area contributed by atoms with E-state index in [2.05, 4.69) is 12.1 Å². The zero-order valence-corrected chi connectivity index (χ0v) is 10.7. The molecule has 4 N–H and O–H groups in total. The van der Waals surface area contributed by atoms with Crippen molar-refractivity contribution in [3.8, 4) is 0 Å². The number of hydrogen-bond donors (Lipinski definition) is 2. The Labute approximate surface area is 105 Å². The second-order valence-corrected chi connectivity index (χ2v) is 5.43. The van der Waals surface area contributed by atoms with Crippen molar-refractivity contribution in [1.82, 2.24) is 0 Å². The lowest BCUT2D eigenvalue weighted by atomic mass is 10.1. The van der Waals surface area contributed by atoms with Crippen LogP contribution in [0.3, 0.4) is 0 Å². The Morgan fingerprint density at radius 1 is 1.41 bits per heavy atom. The molecule has 1 atom stereocenters. The Kier molecular flexibility index (Phi) is 3.71. The van der Waals surface area contributed by atoms with E-state index in [1.807, 2.05) is 13.0 Å². The molecule has 1 aliphatic heterocycles. The van der Waals surface area contributed by atoms with Crippen molar-refractivity contribution in [2.45, 2.75) is 23.5 Å². The maximum Gasteiger partial charge on any atom is 0.241 e. The van der Waals surface area contributed by atoms with Crippen LogP contribution in [0.5, 0.6) is 0 Å². The molecule has 1 heterocycles. The minimum absolute atomic E-state index is 0.0635. The van der Waals surface area contributed by atoms with Crippen LogP contribution in [0.4, 0.5) is 5.69 Å². The van der Waals surface area contributed by atoms with Gasteiger partial charge in [-0.2, -0.15) is 0 Å². The van der Waals surface area contributed by atoms with E-state index in [1.165, 1.54) is 0 Å². The van der Waals surface area contributed by atoms with Crippen molar-refractivity contribution in [1.29, 1.82) is 0 Å².